The lowest BCUT2D eigenvalue weighted by Crippen LogP contribution is -2.36. The van der Waals surface area contributed by atoms with Gasteiger partial charge in [-0.1, -0.05) is 32.1 Å². The number of rotatable bonds is 7. The second-order valence-electron chi connectivity index (χ2n) is 8.23. The Morgan fingerprint density at radius 1 is 1.11 bits per heavy atom. The number of amides is 2. The van der Waals surface area contributed by atoms with Crippen LogP contribution in [0.25, 0.3) is 0 Å². The molecule has 6 heteroatoms. The minimum atomic E-state index is -3.74. The van der Waals surface area contributed by atoms with Crippen LogP contribution in [0.3, 0.4) is 0 Å². The molecule has 27 heavy (non-hydrogen) atoms. The number of urea groups is 1. The molecular weight excluding hydrogens is 360 g/mol. The van der Waals surface area contributed by atoms with Crippen molar-refractivity contribution in [3.63, 3.8) is 0 Å². The second kappa shape index (κ2) is 8.05. The molecule has 3 rings (SSSR count). The van der Waals surface area contributed by atoms with E-state index in [9.17, 15) is 13.2 Å². The van der Waals surface area contributed by atoms with Gasteiger partial charge in [0.1, 0.15) is 0 Å². The highest BCUT2D eigenvalue weighted by Crippen LogP contribution is 2.38. The number of anilines is 1. The van der Waals surface area contributed by atoms with Gasteiger partial charge in [0.15, 0.2) is 0 Å². The number of aryl methyl sites for hydroxylation is 2. The quantitative estimate of drug-likeness (QED) is 0.688. The van der Waals surface area contributed by atoms with E-state index in [1.165, 1.54) is 22.3 Å². The van der Waals surface area contributed by atoms with Crippen molar-refractivity contribution in [2.75, 3.05) is 11.1 Å². The van der Waals surface area contributed by atoms with Crippen LogP contribution in [-0.2, 0) is 35.7 Å². The molecule has 0 heterocycles. The Labute approximate surface area is 162 Å². The van der Waals surface area contributed by atoms with Gasteiger partial charge in [-0.3, -0.25) is 0 Å². The Balaban J connectivity index is 1.67. The molecule has 0 spiro atoms. The van der Waals surface area contributed by atoms with Crippen LogP contribution < -0.4 is 10.0 Å². The van der Waals surface area contributed by atoms with E-state index in [1.807, 2.05) is 0 Å². The fourth-order valence-corrected chi connectivity index (χ4v) is 5.20. The standard InChI is InChI=1S/C21H30N2O3S/c1-14(2)10-11-15(3)13-27(25,26)23-21(24)22-20-18-8-4-6-16(18)12-17-7-5-9-19(17)20/h12,14H,3-11,13H2,1-2H3,(H2,22,23,24). The summed E-state index contributed by atoms with van der Waals surface area (Å²) in [5, 5.41) is 2.86. The topological polar surface area (TPSA) is 75.3 Å². The van der Waals surface area contributed by atoms with Crippen molar-refractivity contribution in [2.24, 2.45) is 5.92 Å². The van der Waals surface area contributed by atoms with Gasteiger partial charge in [-0.15, -0.1) is 0 Å². The monoisotopic (exact) mass is 390 g/mol. The molecule has 0 fully saturated rings. The molecule has 0 radical (unpaired) electrons. The predicted molar refractivity (Wildman–Crippen MR) is 110 cm³/mol. The smallest absolute Gasteiger partial charge is 0.307 e. The Bertz CT molecular complexity index is 824. The minimum absolute atomic E-state index is 0.210. The second-order valence-corrected chi connectivity index (χ2v) is 9.95. The first kappa shape index (κ1) is 19.9. The predicted octanol–water partition coefficient (Wildman–Crippen LogP) is 4.11. The summed E-state index contributed by atoms with van der Waals surface area (Å²) in [5.74, 6) is 0.279. The van der Waals surface area contributed by atoms with Gasteiger partial charge in [0.25, 0.3) is 0 Å². The summed E-state index contributed by atoms with van der Waals surface area (Å²) in [6.07, 6.45) is 7.67. The molecule has 148 valence electrons. The van der Waals surface area contributed by atoms with Crippen LogP contribution in [0.4, 0.5) is 10.5 Å². The molecule has 2 aliphatic rings. The van der Waals surface area contributed by atoms with E-state index in [4.69, 9.17) is 0 Å². The van der Waals surface area contributed by atoms with Crippen molar-refractivity contribution in [1.29, 1.82) is 0 Å². The van der Waals surface area contributed by atoms with Gasteiger partial charge < -0.3 is 5.32 Å². The molecule has 0 aliphatic heterocycles. The molecule has 0 atom stereocenters. The molecule has 2 amide bonds. The molecule has 1 aromatic rings. The van der Waals surface area contributed by atoms with Crippen molar-refractivity contribution in [3.05, 3.63) is 40.5 Å². The highest BCUT2D eigenvalue weighted by molar-refractivity contribution is 7.90. The van der Waals surface area contributed by atoms with E-state index in [0.717, 1.165) is 50.6 Å². The SMILES string of the molecule is C=C(CCC(C)C)CS(=O)(=O)NC(=O)Nc1c2c(cc3c1CCC3)CCC2. The third kappa shape index (κ3) is 4.92. The van der Waals surface area contributed by atoms with Gasteiger partial charge >= 0.3 is 6.03 Å². The fourth-order valence-electron chi connectivity index (χ4n) is 4.12. The third-order valence-corrected chi connectivity index (χ3v) is 6.71. The lowest BCUT2D eigenvalue weighted by atomic mass is 9.99. The number of nitrogens with one attached hydrogen (secondary N) is 2. The molecule has 0 saturated heterocycles. The van der Waals surface area contributed by atoms with Crippen molar-refractivity contribution in [3.8, 4) is 0 Å². The van der Waals surface area contributed by atoms with Crippen molar-refractivity contribution < 1.29 is 13.2 Å². The Hall–Kier alpha value is -1.82. The molecule has 5 nitrogen and oxygen atoms in total. The maximum Gasteiger partial charge on any atom is 0.332 e. The van der Waals surface area contributed by atoms with Gasteiger partial charge in [-0.05, 0) is 79.5 Å². The molecular formula is C21H30N2O3S. The maximum absolute atomic E-state index is 12.4. The highest BCUT2D eigenvalue weighted by atomic mass is 32.2. The Morgan fingerprint density at radius 3 is 2.26 bits per heavy atom. The number of carbonyl (C=O) groups is 1. The highest BCUT2D eigenvalue weighted by Gasteiger charge is 2.26. The summed E-state index contributed by atoms with van der Waals surface area (Å²) < 4.78 is 26.8. The van der Waals surface area contributed by atoms with E-state index in [0.29, 0.717) is 17.9 Å². The van der Waals surface area contributed by atoms with Gasteiger partial charge in [0.05, 0.1) is 5.75 Å². The summed E-state index contributed by atoms with van der Waals surface area (Å²) >= 11 is 0. The Morgan fingerprint density at radius 2 is 1.70 bits per heavy atom. The number of sulfonamides is 1. The number of fused-ring (bicyclic) bond motifs is 2. The van der Waals surface area contributed by atoms with Crippen LogP contribution in [0.15, 0.2) is 18.2 Å². The van der Waals surface area contributed by atoms with Gasteiger partial charge in [0.2, 0.25) is 10.0 Å². The fraction of sp³-hybridized carbons (Fsp3) is 0.571. The molecule has 0 bridgehead atoms. The summed E-state index contributed by atoms with van der Waals surface area (Å²) in [4.78, 5) is 12.4. The van der Waals surface area contributed by atoms with Crippen LogP contribution in [0.5, 0.6) is 0 Å². The minimum Gasteiger partial charge on any atom is -0.307 e. The summed E-state index contributed by atoms with van der Waals surface area (Å²) in [5.41, 5.74) is 6.45. The number of hydrogen-bond donors (Lipinski definition) is 2. The van der Waals surface area contributed by atoms with Crippen LogP contribution in [0.1, 0.15) is 61.8 Å². The van der Waals surface area contributed by atoms with Crippen LogP contribution in [-0.4, -0.2) is 20.2 Å². The molecule has 2 aliphatic carbocycles. The van der Waals surface area contributed by atoms with E-state index < -0.39 is 16.1 Å². The van der Waals surface area contributed by atoms with E-state index >= 15 is 0 Å². The lowest BCUT2D eigenvalue weighted by molar-refractivity contribution is 0.256. The summed E-state index contributed by atoms with van der Waals surface area (Å²) in [6.45, 7) is 8.02. The Kier molecular flexibility index (Phi) is 5.94. The largest absolute Gasteiger partial charge is 0.332 e. The van der Waals surface area contributed by atoms with Crippen LogP contribution in [0.2, 0.25) is 0 Å². The van der Waals surface area contributed by atoms with E-state index in [-0.39, 0.29) is 5.75 Å². The normalized spacial score (nSPS) is 15.5. The van der Waals surface area contributed by atoms with Crippen molar-refractivity contribution in [1.82, 2.24) is 4.72 Å². The zero-order valence-electron chi connectivity index (χ0n) is 16.4. The average molecular weight is 391 g/mol. The van der Waals surface area contributed by atoms with E-state index in [1.54, 1.807) is 0 Å². The van der Waals surface area contributed by atoms with E-state index in [2.05, 4.69) is 36.5 Å². The van der Waals surface area contributed by atoms with Crippen molar-refractivity contribution >= 4 is 21.7 Å². The van der Waals surface area contributed by atoms with Gasteiger partial charge in [-0.2, -0.15) is 0 Å². The molecule has 1 aromatic carbocycles. The van der Waals surface area contributed by atoms with Gasteiger partial charge in [0, 0.05) is 5.69 Å². The first-order chi connectivity index (χ1) is 12.7. The summed E-state index contributed by atoms with van der Waals surface area (Å²) in [7, 11) is -3.74. The lowest BCUT2D eigenvalue weighted by Gasteiger charge is -2.17. The van der Waals surface area contributed by atoms with Crippen LogP contribution >= 0.6 is 0 Å². The first-order valence-corrected chi connectivity index (χ1v) is 11.5. The summed E-state index contributed by atoms with van der Waals surface area (Å²) in [6, 6.07) is 1.62. The zero-order chi connectivity index (χ0) is 19.6. The molecule has 0 saturated carbocycles. The molecule has 0 unspecified atom stereocenters. The van der Waals surface area contributed by atoms with Gasteiger partial charge in [-0.25, -0.2) is 17.9 Å². The zero-order valence-corrected chi connectivity index (χ0v) is 17.2. The number of hydrogen-bond acceptors (Lipinski definition) is 3. The number of carbonyl (C=O) groups excluding carboxylic acids is 1. The number of benzene rings is 1. The molecule has 2 N–H and O–H groups in total. The average Bonchev–Trinajstić information content (AvgIpc) is 3.20. The maximum atomic E-state index is 12.4. The third-order valence-electron chi connectivity index (χ3n) is 5.43. The van der Waals surface area contributed by atoms with Crippen LogP contribution in [0, 0.1) is 5.92 Å². The van der Waals surface area contributed by atoms with Crippen molar-refractivity contribution in [2.45, 2.75) is 65.2 Å². The molecule has 0 aromatic heterocycles. The first-order valence-electron chi connectivity index (χ1n) is 9.90.